The quantitative estimate of drug-likeness (QED) is 0.718. The van der Waals surface area contributed by atoms with Crippen molar-refractivity contribution in [1.82, 2.24) is 5.32 Å². The van der Waals surface area contributed by atoms with Crippen molar-refractivity contribution in [3.8, 4) is 11.5 Å². The molecule has 0 aliphatic heterocycles. The van der Waals surface area contributed by atoms with Crippen molar-refractivity contribution in [1.29, 1.82) is 0 Å². The van der Waals surface area contributed by atoms with E-state index in [9.17, 15) is 4.39 Å². The standard InChI is InChI=1S/C14H11BrCl2FNO/c1-19-7-8-3-2-4-12(18)14(8)20-13-6-10(16)9(15)5-11(13)17/h2-6,19H,7H2,1H3. The zero-order valence-corrected chi connectivity index (χ0v) is 13.6. The summed E-state index contributed by atoms with van der Waals surface area (Å²) in [7, 11) is 1.78. The van der Waals surface area contributed by atoms with Gasteiger partial charge in [0.15, 0.2) is 11.6 Å². The van der Waals surface area contributed by atoms with Gasteiger partial charge in [-0.2, -0.15) is 0 Å². The minimum Gasteiger partial charge on any atom is -0.452 e. The number of benzene rings is 2. The van der Waals surface area contributed by atoms with Gasteiger partial charge in [0.05, 0.1) is 10.0 Å². The van der Waals surface area contributed by atoms with Crippen molar-refractivity contribution < 1.29 is 9.13 Å². The number of hydrogen-bond acceptors (Lipinski definition) is 2. The number of nitrogens with one attached hydrogen (secondary N) is 1. The molecule has 0 aliphatic carbocycles. The third kappa shape index (κ3) is 3.44. The molecule has 2 aromatic carbocycles. The number of rotatable bonds is 4. The largest absolute Gasteiger partial charge is 0.452 e. The summed E-state index contributed by atoms with van der Waals surface area (Å²) in [5.74, 6) is -0.00248. The van der Waals surface area contributed by atoms with Crippen LogP contribution < -0.4 is 10.1 Å². The van der Waals surface area contributed by atoms with Crippen LogP contribution in [0.1, 0.15) is 5.56 Å². The fourth-order valence-electron chi connectivity index (χ4n) is 1.69. The molecule has 0 spiro atoms. The lowest BCUT2D eigenvalue weighted by atomic mass is 10.2. The van der Waals surface area contributed by atoms with Crippen LogP contribution in [0.4, 0.5) is 4.39 Å². The smallest absolute Gasteiger partial charge is 0.167 e. The number of para-hydroxylation sites is 1. The Morgan fingerprint density at radius 3 is 2.70 bits per heavy atom. The van der Waals surface area contributed by atoms with Crippen LogP contribution in [-0.2, 0) is 6.54 Å². The fourth-order valence-corrected chi connectivity index (χ4v) is 2.52. The van der Waals surface area contributed by atoms with Gasteiger partial charge < -0.3 is 10.1 Å². The first kappa shape index (κ1) is 15.6. The summed E-state index contributed by atoms with van der Waals surface area (Å²) >= 11 is 15.3. The molecular weight excluding hydrogens is 368 g/mol. The van der Waals surface area contributed by atoms with Crippen LogP contribution in [0.2, 0.25) is 10.0 Å². The van der Waals surface area contributed by atoms with Crippen LogP contribution in [0, 0.1) is 5.82 Å². The topological polar surface area (TPSA) is 21.3 Å². The lowest BCUT2D eigenvalue weighted by Gasteiger charge is -2.13. The van der Waals surface area contributed by atoms with Gasteiger partial charge in [-0.15, -0.1) is 0 Å². The molecule has 1 N–H and O–H groups in total. The van der Waals surface area contributed by atoms with Gasteiger partial charge >= 0.3 is 0 Å². The van der Waals surface area contributed by atoms with Crippen LogP contribution in [0.5, 0.6) is 11.5 Å². The minimum absolute atomic E-state index is 0.141. The average molecular weight is 379 g/mol. The summed E-state index contributed by atoms with van der Waals surface area (Å²) in [6.07, 6.45) is 0. The highest BCUT2D eigenvalue weighted by atomic mass is 79.9. The Bertz CT molecular complexity index is 637. The van der Waals surface area contributed by atoms with Gasteiger partial charge in [-0.1, -0.05) is 35.3 Å². The lowest BCUT2D eigenvalue weighted by Crippen LogP contribution is -2.07. The van der Waals surface area contributed by atoms with Gasteiger partial charge in [0, 0.05) is 22.6 Å². The Morgan fingerprint density at radius 1 is 1.25 bits per heavy atom. The molecule has 0 amide bonds. The van der Waals surface area contributed by atoms with Crippen molar-refractivity contribution in [3.05, 3.63) is 56.2 Å². The molecule has 0 fully saturated rings. The molecule has 2 nitrogen and oxygen atoms in total. The van der Waals surface area contributed by atoms with Crippen molar-refractivity contribution >= 4 is 39.1 Å². The zero-order chi connectivity index (χ0) is 14.7. The van der Waals surface area contributed by atoms with E-state index < -0.39 is 5.82 Å². The molecule has 20 heavy (non-hydrogen) atoms. The van der Waals surface area contributed by atoms with Gasteiger partial charge in [0.25, 0.3) is 0 Å². The summed E-state index contributed by atoms with van der Waals surface area (Å²) in [5.41, 5.74) is 0.697. The number of halogens is 4. The molecule has 0 heterocycles. The van der Waals surface area contributed by atoms with Gasteiger partial charge in [-0.05, 0) is 35.1 Å². The lowest BCUT2D eigenvalue weighted by molar-refractivity contribution is 0.435. The maximum Gasteiger partial charge on any atom is 0.167 e. The van der Waals surface area contributed by atoms with Crippen LogP contribution in [0.25, 0.3) is 0 Å². The van der Waals surface area contributed by atoms with Crippen molar-refractivity contribution in [2.45, 2.75) is 6.54 Å². The molecule has 0 saturated heterocycles. The Labute approximate surface area is 135 Å². The molecule has 0 bridgehead atoms. The first-order chi connectivity index (χ1) is 9.52. The summed E-state index contributed by atoms with van der Waals surface area (Å²) in [6.45, 7) is 0.481. The first-order valence-corrected chi connectivity index (χ1v) is 7.32. The molecule has 2 aromatic rings. The normalized spacial score (nSPS) is 10.7. The Hall–Kier alpha value is -0.810. The third-order valence-electron chi connectivity index (χ3n) is 2.60. The Morgan fingerprint density at radius 2 is 2.00 bits per heavy atom. The van der Waals surface area contributed by atoms with E-state index in [2.05, 4.69) is 21.2 Å². The molecule has 0 unspecified atom stereocenters. The van der Waals surface area contributed by atoms with E-state index in [0.29, 0.717) is 32.4 Å². The van der Waals surface area contributed by atoms with E-state index in [4.69, 9.17) is 27.9 Å². The highest BCUT2D eigenvalue weighted by Gasteiger charge is 2.14. The van der Waals surface area contributed by atoms with Gasteiger partial charge in [0.1, 0.15) is 5.75 Å². The van der Waals surface area contributed by atoms with E-state index in [1.807, 2.05) is 0 Å². The maximum atomic E-state index is 13.9. The monoisotopic (exact) mass is 377 g/mol. The van der Waals surface area contributed by atoms with E-state index in [1.165, 1.54) is 6.07 Å². The van der Waals surface area contributed by atoms with Crippen molar-refractivity contribution in [2.24, 2.45) is 0 Å². The Kier molecular flexibility index (Phi) is 5.27. The Balaban J connectivity index is 2.42. The second-order valence-electron chi connectivity index (χ2n) is 4.06. The van der Waals surface area contributed by atoms with Crippen molar-refractivity contribution in [2.75, 3.05) is 7.05 Å². The van der Waals surface area contributed by atoms with Gasteiger partial charge in [-0.3, -0.25) is 0 Å². The average Bonchev–Trinajstić information content (AvgIpc) is 2.40. The molecule has 106 valence electrons. The SMILES string of the molecule is CNCc1cccc(F)c1Oc1cc(Cl)c(Br)cc1Cl. The van der Waals surface area contributed by atoms with Crippen LogP contribution in [-0.4, -0.2) is 7.05 Å². The zero-order valence-electron chi connectivity index (χ0n) is 10.5. The summed E-state index contributed by atoms with van der Waals surface area (Å²) in [4.78, 5) is 0. The van der Waals surface area contributed by atoms with Crippen LogP contribution in [0.15, 0.2) is 34.8 Å². The third-order valence-corrected chi connectivity index (χ3v) is 4.10. The molecule has 0 saturated carbocycles. The van der Waals surface area contributed by atoms with E-state index in [1.54, 1.807) is 31.3 Å². The fraction of sp³-hybridized carbons (Fsp3) is 0.143. The van der Waals surface area contributed by atoms with E-state index >= 15 is 0 Å². The van der Waals surface area contributed by atoms with Crippen LogP contribution in [0.3, 0.4) is 0 Å². The molecule has 0 aromatic heterocycles. The van der Waals surface area contributed by atoms with E-state index in [-0.39, 0.29) is 5.75 Å². The second kappa shape index (κ2) is 6.76. The predicted octanol–water partition coefficient (Wildman–Crippen LogP) is 5.41. The summed E-state index contributed by atoms with van der Waals surface area (Å²) in [6, 6.07) is 7.90. The summed E-state index contributed by atoms with van der Waals surface area (Å²) in [5, 5.41) is 3.75. The molecule has 0 aliphatic rings. The molecule has 0 atom stereocenters. The number of hydrogen-bond donors (Lipinski definition) is 1. The maximum absolute atomic E-state index is 13.9. The highest BCUT2D eigenvalue weighted by molar-refractivity contribution is 9.10. The second-order valence-corrected chi connectivity index (χ2v) is 5.73. The molecule has 2 rings (SSSR count). The molecular formula is C14H11BrCl2FNO. The number of ether oxygens (including phenoxy) is 1. The van der Waals surface area contributed by atoms with E-state index in [0.717, 1.165) is 0 Å². The molecule has 6 heteroatoms. The van der Waals surface area contributed by atoms with Gasteiger partial charge in [-0.25, -0.2) is 4.39 Å². The highest BCUT2D eigenvalue weighted by Crippen LogP contribution is 2.38. The predicted molar refractivity (Wildman–Crippen MR) is 83.4 cm³/mol. The van der Waals surface area contributed by atoms with Crippen molar-refractivity contribution in [3.63, 3.8) is 0 Å². The first-order valence-electron chi connectivity index (χ1n) is 5.77. The van der Waals surface area contributed by atoms with Crippen LogP contribution >= 0.6 is 39.1 Å². The minimum atomic E-state index is -0.451. The summed E-state index contributed by atoms with van der Waals surface area (Å²) < 4.78 is 20.2. The molecule has 0 radical (unpaired) electrons. The van der Waals surface area contributed by atoms with Gasteiger partial charge in [0.2, 0.25) is 0 Å².